The zero-order chi connectivity index (χ0) is 18.8. The maximum absolute atomic E-state index is 5.53. The number of hydrogen-bond donors (Lipinski definition) is 2. The van der Waals surface area contributed by atoms with Gasteiger partial charge in [0.1, 0.15) is 0 Å². The molecular formula is C20H34IN3O3. The first-order valence-electron chi connectivity index (χ1n) is 9.35. The average Bonchev–Trinajstić information content (AvgIpc) is 2.70. The third kappa shape index (κ3) is 6.41. The predicted octanol–water partition coefficient (Wildman–Crippen LogP) is 3.34. The Labute approximate surface area is 180 Å². The first kappa shape index (κ1) is 23.8. The molecule has 2 N–H and O–H groups in total. The lowest BCUT2D eigenvalue weighted by atomic mass is 9.69. The lowest BCUT2D eigenvalue weighted by molar-refractivity contribution is 0.203. The van der Waals surface area contributed by atoms with Crippen LogP contribution in [0.1, 0.15) is 37.7 Å². The van der Waals surface area contributed by atoms with Crippen LogP contribution in [0.25, 0.3) is 0 Å². The van der Waals surface area contributed by atoms with Crippen LogP contribution < -0.4 is 20.1 Å². The van der Waals surface area contributed by atoms with Crippen LogP contribution in [0.5, 0.6) is 11.5 Å². The zero-order valence-electron chi connectivity index (χ0n) is 17.0. The molecule has 27 heavy (non-hydrogen) atoms. The maximum atomic E-state index is 5.53. The molecule has 0 aromatic heterocycles. The van der Waals surface area contributed by atoms with Gasteiger partial charge >= 0.3 is 0 Å². The van der Waals surface area contributed by atoms with Gasteiger partial charge in [0.2, 0.25) is 0 Å². The van der Waals surface area contributed by atoms with Gasteiger partial charge in [-0.3, -0.25) is 4.99 Å². The molecule has 1 saturated carbocycles. The second kappa shape index (κ2) is 12.3. The molecule has 154 valence electrons. The number of guanidine groups is 1. The van der Waals surface area contributed by atoms with Crippen molar-refractivity contribution in [3.05, 3.63) is 23.8 Å². The van der Waals surface area contributed by atoms with Crippen molar-refractivity contribution in [3.8, 4) is 11.5 Å². The molecule has 0 spiro atoms. The number of hydrogen-bond acceptors (Lipinski definition) is 4. The van der Waals surface area contributed by atoms with E-state index in [4.69, 9.17) is 14.2 Å². The average molecular weight is 491 g/mol. The van der Waals surface area contributed by atoms with Gasteiger partial charge in [-0.05, 0) is 30.5 Å². The molecule has 0 radical (unpaired) electrons. The maximum Gasteiger partial charge on any atom is 0.191 e. The number of halogens is 1. The van der Waals surface area contributed by atoms with Gasteiger partial charge < -0.3 is 24.8 Å². The van der Waals surface area contributed by atoms with E-state index in [-0.39, 0.29) is 29.4 Å². The van der Waals surface area contributed by atoms with Crippen molar-refractivity contribution >= 4 is 29.9 Å². The van der Waals surface area contributed by atoms with E-state index in [2.05, 4.69) is 27.8 Å². The SMILES string of the molecule is CN=C(NCCOC)NCC1(c2ccc(OC)c(OC)c2)CCCCC1.I. The number of ether oxygens (including phenoxy) is 3. The van der Waals surface area contributed by atoms with Gasteiger partial charge in [-0.1, -0.05) is 25.3 Å². The molecule has 0 unspecified atom stereocenters. The van der Waals surface area contributed by atoms with E-state index in [0.29, 0.717) is 6.61 Å². The predicted molar refractivity (Wildman–Crippen MR) is 121 cm³/mol. The molecule has 1 aromatic carbocycles. The Balaban J connectivity index is 0.00000364. The van der Waals surface area contributed by atoms with E-state index in [1.807, 2.05) is 6.07 Å². The standard InChI is InChI=1S/C20H33N3O3.HI/c1-21-19(22-12-13-24-2)23-15-20(10-6-5-7-11-20)16-8-9-17(25-3)18(14-16)26-4;/h8-9,14H,5-7,10-13,15H2,1-4H3,(H2,21,22,23);1H. The molecule has 0 bridgehead atoms. The van der Waals surface area contributed by atoms with Gasteiger partial charge in [-0.2, -0.15) is 0 Å². The number of rotatable bonds is 8. The van der Waals surface area contributed by atoms with Crippen molar-refractivity contribution in [2.24, 2.45) is 4.99 Å². The lowest BCUT2D eigenvalue weighted by Crippen LogP contribution is -2.47. The van der Waals surface area contributed by atoms with Crippen molar-refractivity contribution in [2.45, 2.75) is 37.5 Å². The Hall–Kier alpha value is -1.22. The summed E-state index contributed by atoms with van der Waals surface area (Å²) in [5, 5.41) is 6.80. The molecule has 7 heteroatoms. The van der Waals surface area contributed by atoms with Crippen LogP contribution in [-0.4, -0.2) is 54.0 Å². The topological polar surface area (TPSA) is 64.1 Å². The molecule has 0 heterocycles. The van der Waals surface area contributed by atoms with Crippen molar-refractivity contribution in [2.75, 3.05) is 48.1 Å². The molecule has 0 aliphatic heterocycles. The fourth-order valence-electron chi connectivity index (χ4n) is 3.71. The molecule has 1 aromatic rings. The summed E-state index contributed by atoms with van der Waals surface area (Å²) >= 11 is 0. The van der Waals surface area contributed by atoms with E-state index >= 15 is 0 Å². The Morgan fingerprint density at radius 2 is 1.74 bits per heavy atom. The summed E-state index contributed by atoms with van der Waals surface area (Å²) in [6.45, 7) is 2.23. The number of benzene rings is 1. The lowest BCUT2D eigenvalue weighted by Gasteiger charge is -2.38. The van der Waals surface area contributed by atoms with Gasteiger partial charge in [0.05, 0.1) is 20.8 Å². The quantitative estimate of drug-likeness (QED) is 0.253. The minimum absolute atomic E-state index is 0. The molecule has 2 rings (SSSR count). The summed E-state index contributed by atoms with van der Waals surface area (Å²) < 4.78 is 16.0. The highest BCUT2D eigenvalue weighted by molar-refractivity contribution is 14.0. The number of nitrogens with zero attached hydrogens (tertiary/aromatic N) is 1. The minimum Gasteiger partial charge on any atom is -0.493 e. The van der Waals surface area contributed by atoms with Crippen LogP contribution in [0.4, 0.5) is 0 Å². The Kier molecular flexibility index (Phi) is 10.8. The highest BCUT2D eigenvalue weighted by Gasteiger charge is 2.34. The van der Waals surface area contributed by atoms with Gasteiger partial charge in [-0.15, -0.1) is 24.0 Å². The molecule has 0 saturated heterocycles. The first-order valence-corrected chi connectivity index (χ1v) is 9.35. The highest BCUT2D eigenvalue weighted by Crippen LogP contribution is 2.42. The summed E-state index contributed by atoms with van der Waals surface area (Å²) in [7, 11) is 6.86. The minimum atomic E-state index is 0. The van der Waals surface area contributed by atoms with E-state index in [0.717, 1.165) is 43.4 Å². The Morgan fingerprint density at radius 3 is 2.33 bits per heavy atom. The largest absolute Gasteiger partial charge is 0.493 e. The highest BCUT2D eigenvalue weighted by atomic mass is 127. The molecule has 0 amide bonds. The fraction of sp³-hybridized carbons (Fsp3) is 0.650. The summed E-state index contributed by atoms with van der Waals surface area (Å²) in [4.78, 5) is 4.32. The van der Waals surface area contributed by atoms with Gasteiger partial charge in [0.25, 0.3) is 0 Å². The molecule has 1 fully saturated rings. The van der Waals surface area contributed by atoms with E-state index in [9.17, 15) is 0 Å². The second-order valence-corrected chi connectivity index (χ2v) is 6.76. The second-order valence-electron chi connectivity index (χ2n) is 6.76. The van der Waals surface area contributed by atoms with Crippen LogP contribution in [0, 0.1) is 0 Å². The molecular weight excluding hydrogens is 457 g/mol. The third-order valence-electron chi connectivity index (χ3n) is 5.22. The molecule has 1 aliphatic rings. The van der Waals surface area contributed by atoms with Crippen LogP contribution in [0.15, 0.2) is 23.2 Å². The summed E-state index contributed by atoms with van der Waals surface area (Å²) in [6.07, 6.45) is 6.10. The van der Waals surface area contributed by atoms with Crippen LogP contribution >= 0.6 is 24.0 Å². The van der Waals surface area contributed by atoms with Gasteiger partial charge in [-0.25, -0.2) is 0 Å². The number of methoxy groups -OCH3 is 3. The molecule has 0 atom stereocenters. The van der Waals surface area contributed by atoms with E-state index < -0.39 is 0 Å². The Bertz CT molecular complexity index is 590. The van der Waals surface area contributed by atoms with Gasteiger partial charge in [0.15, 0.2) is 17.5 Å². The normalized spacial score (nSPS) is 16.2. The van der Waals surface area contributed by atoms with E-state index in [1.165, 1.54) is 24.8 Å². The fourth-order valence-corrected chi connectivity index (χ4v) is 3.71. The Morgan fingerprint density at radius 1 is 1.04 bits per heavy atom. The summed E-state index contributed by atoms with van der Waals surface area (Å²) in [5.74, 6) is 2.37. The number of nitrogens with one attached hydrogen (secondary N) is 2. The van der Waals surface area contributed by atoms with Crippen molar-refractivity contribution in [1.82, 2.24) is 10.6 Å². The summed E-state index contributed by atoms with van der Waals surface area (Å²) in [6, 6.07) is 6.32. The van der Waals surface area contributed by atoms with Crippen LogP contribution in [-0.2, 0) is 10.2 Å². The van der Waals surface area contributed by atoms with Crippen molar-refractivity contribution < 1.29 is 14.2 Å². The molecule has 1 aliphatic carbocycles. The van der Waals surface area contributed by atoms with Crippen LogP contribution in [0.2, 0.25) is 0 Å². The van der Waals surface area contributed by atoms with E-state index in [1.54, 1.807) is 28.4 Å². The van der Waals surface area contributed by atoms with Gasteiger partial charge in [0, 0.05) is 32.7 Å². The third-order valence-corrected chi connectivity index (χ3v) is 5.22. The monoisotopic (exact) mass is 491 g/mol. The smallest absolute Gasteiger partial charge is 0.191 e. The molecule has 6 nitrogen and oxygen atoms in total. The number of aliphatic imine (C=N–C) groups is 1. The summed E-state index contributed by atoms with van der Waals surface area (Å²) in [5.41, 5.74) is 1.38. The van der Waals surface area contributed by atoms with Crippen LogP contribution in [0.3, 0.4) is 0 Å². The van der Waals surface area contributed by atoms with Crippen molar-refractivity contribution in [1.29, 1.82) is 0 Å². The van der Waals surface area contributed by atoms with Crippen molar-refractivity contribution in [3.63, 3.8) is 0 Å². The zero-order valence-corrected chi connectivity index (χ0v) is 19.3. The first-order chi connectivity index (χ1) is 12.7.